The monoisotopic (exact) mass is 256 g/mol. The van der Waals surface area contributed by atoms with Crippen molar-refractivity contribution in [2.24, 2.45) is 11.7 Å². The molecule has 1 aromatic rings. The third kappa shape index (κ3) is 4.02. The van der Waals surface area contributed by atoms with Crippen molar-refractivity contribution in [3.05, 3.63) is 29.8 Å². The molecule has 1 rings (SSSR count). The third-order valence-corrected chi connectivity index (χ3v) is 2.72. The highest BCUT2D eigenvalue weighted by molar-refractivity contribution is 5.96. The van der Waals surface area contributed by atoms with Crippen molar-refractivity contribution in [3.63, 3.8) is 0 Å². The second-order valence-corrected chi connectivity index (χ2v) is 4.51. The summed E-state index contributed by atoms with van der Waals surface area (Å²) in [4.78, 5) is 13.6. The maximum atomic E-state index is 12.0. The molecular weight excluding hydrogens is 236 g/mol. The Morgan fingerprint density at radius 2 is 1.94 bits per heavy atom. The highest BCUT2D eigenvalue weighted by Gasteiger charge is 2.21. The number of likely N-dealkylation sites (N-methyl/N-ethyl adjacent to an activating group) is 1. The van der Waals surface area contributed by atoms with E-state index in [1.54, 1.807) is 11.9 Å². The lowest BCUT2D eigenvalue weighted by molar-refractivity contribution is -0.120. The Morgan fingerprint density at radius 3 is 2.41 bits per heavy atom. The minimum absolute atomic E-state index is 0. The van der Waals surface area contributed by atoms with Crippen molar-refractivity contribution in [1.82, 2.24) is 0 Å². The molecule has 1 aromatic carbocycles. The number of hydrogen-bond donors (Lipinski definition) is 1. The number of anilines is 1. The molecule has 0 saturated carbocycles. The molecule has 0 aliphatic carbocycles. The van der Waals surface area contributed by atoms with Gasteiger partial charge in [-0.2, -0.15) is 0 Å². The SMILES string of the molecule is Cc1cccc(N(C)C(=O)C(N)C(C)C)c1.Cl. The maximum absolute atomic E-state index is 12.0. The zero-order chi connectivity index (χ0) is 12.3. The molecule has 17 heavy (non-hydrogen) atoms. The summed E-state index contributed by atoms with van der Waals surface area (Å²) in [5.41, 5.74) is 7.87. The number of carbonyl (C=O) groups is 1. The summed E-state index contributed by atoms with van der Waals surface area (Å²) in [5, 5.41) is 0. The first-order valence-electron chi connectivity index (χ1n) is 5.53. The summed E-state index contributed by atoms with van der Waals surface area (Å²) in [6.07, 6.45) is 0. The lowest BCUT2D eigenvalue weighted by atomic mass is 10.0. The average Bonchev–Trinajstić information content (AvgIpc) is 2.26. The Labute approximate surface area is 109 Å². The molecule has 0 aliphatic rings. The molecule has 0 fully saturated rings. The summed E-state index contributed by atoms with van der Waals surface area (Å²) in [7, 11) is 1.76. The van der Waals surface area contributed by atoms with Crippen molar-refractivity contribution in [3.8, 4) is 0 Å². The van der Waals surface area contributed by atoms with Gasteiger partial charge in [-0.1, -0.05) is 26.0 Å². The quantitative estimate of drug-likeness (QED) is 0.903. The number of rotatable bonds is 3. The lowest BCUT2D eigenvalue weighted by Crippen LogP contribution is -2.45. The molecule has 1 amide bonds. The summed E-state index contributed by atoms with van der Waals surface area (Å²) >= 11 is 0. The number of nitrogens with two attached hydrogens (primary N) is 1. The Bertz CT molecular complexity index is 379. The van der Waals surface area contributed by atoms with Crippen molar-refractivity contribution >= 4 is 24.0 Å². The van der Waals surface area contributed by atoms with E-state index in [0.717, 1.165) is 11.3 Å². The van der Waals surface area contributed by atoms with E-state index in [-0.39, 0.29) is 24.2 Å². The molecule has 0 spiro atoms. The van der Waals surface area contributed by atoms with E-state index in [2.05, 4.69) is 0 Å². The standard InChI is InChI=1S/C13H20N2O.ClH/c1-9(2)12(14)13(16)15(4)11-7-5-6-10(3)8-11;/h5-9,12H,14H2,1-4H3;1H. The molecule has 3 nitrogen and oxygen atoms in total. The highest BCUT2D eigenvalue weighted by Crippen LogP contribution is 2.16. The number of benzene rings is 1. The number of halogens is 1. The molecule has 0 saturated heterocycles. The normalized spacial score (nSPS) is 11.9. The van der Waals surface area contributed by atoms with Crippen LogP contribution < -0.4 is 10.6 Å². The van der Waals surface area contributed by atoms with Crippen LogP contribution in [0.1, 0.15) is 19.4 Å². The molecule has 96 valence electrons. The molecule has 2 N–H and O–H groups in total. The average molecular weight is 257 g/mol. The first-order chi connectivity index (χ1) is 7.43. The van der Waals surface area contributed by atoms with Gasteiger partial charge in [0, 0.05) is 12.7 Å². The fourth-order valence-electron chi connectivity index (χ4n) is 1.47. The molecule has 0 heterocycles. The number of nitrogens with zero attached hydrogens (tertiary/aromatic N) is 1. The largest absolute Gasteiger partial charge is 0.320 e. The zero-order valence-electron chi connectivity index (χ0n) is 10.8. The van der Waals surface area contributed by atoms with Crippen LogP contribution in [0.3, 0.4) is 0 Å². The van der Waals surface area contributed by atoms with E-state index >= 15 is 0 Å². The van der Waals surface area contributed by atoms with E-state index in [4.69, 9.17) is 5.73 Å². The predicted octanol–water partition coefficient (Wildman–Crippen LogP) is 2.36. The number of hydrogen-bond acceptors (Lipinski definition) is 2. The molecule has 4 heteroatoms. The molecule has 0 bridgehead atoms. The van der Waals surface area contributed by atoms with Gasteiger partial charge < -0.3 is 10.6 Å². The van der Waals surface area contributed by atoms with Crippen LogP contribution in [0, 0.1) is 12.8 Å². The molecule has 0 aromatic heterocycles. The third-order valence-electron chi connectivity index (χ3n) is 2.72. The highest BCUT2D eigenvalue weighted by atomic mass is 35.5. The minimum atomic E-state index is -0.439. The van der Waals surface area contributed by atoms with Crippen LogP contribution in [0.5, 0.6) is 0 Å². The van der Waals surface area contributed by atoms with Crippen molar-refractivity contribution < 1.29 is 4.79 Å². The van der Waals surface area contributed by atoms with Gasteiger partial charge in [0.25, 0.3) is 0 Å². The minimum Gasteiger partial charge on any atom is -0.320 e. The van der Waals surface area contributed by atoms with E-state index in [1.807, 2.05) is 45.0 Å². The van der Waals surface area contributed by atoms with Gasteiger partial charge in [0.1, 0.15) is 0 Å². The first-order valence-corrected chi connectivity index (χ1v) is 5.53. The topological polar surface area (TPSA) is 46.3 Å². The van der Waals surface area contributed by atoms with Crippen LogP contribution in [0.25, 0.3) is 0 Å². The van der Waals surface area contributed by atoms with Crippen LogP contribution in [-0.2, 0) is 4.79 Å². The van der Waals surface area contributed by atoms with Crippen molar-refractivity contribution in [1.29, 1.82) is 0 Å². The molecular formula is C13H21ClN2O. The first kappa shape index (κ1) is 15.9. The summed E-state index contributed by atoms with van der Waals surface area (Å²) < 4.78 is 0. The van der Waals surface area contributed by atoms with Gasteiger partial charge in [-0.15, -0.1) is 12.4 Å². The summed E-state index contributed by atoms with van der Waals surface area (Å²) in [5.74, 6) is 0.111. The van der Waals surface area contributed by atoms with Gasteiger partial charge in [0.05, 0.1) is 6.04 Å². The smallest absolute Gasteiger partial charge is 0.243 e. The maximum Gasteiger partial charge on any atom is 0.243 e. The van der Waals surface area contributed by atoms with Crippen molar-refractivity contribution in [2.75, 3.05) is 11.9 Å². The van der Waals surface area contributed by atoms with Gasteiger partial charge in [-0.05, 0) is 30.5 Å². The van der Waals surface area contributed by atoms with E-state index < -0.39 is 6.04 Å². The molecule has 1 unspecified atom stereocenters. The Balaban J connectivity index is 0.00000256. The van der Waals surface area contributed by atoms with E-state index in [0.29, 0.717) is 0 Å². The van der Waals surface area contributed by atoms with E-state index in [1.165, 1.54) is 0 Å². The second kappa shape index (κ2) is 6.62. The summed E-state index contributed by atoms with van der Waals surface area (Å²) in [6.45, 7) is 5.91. The Kier molecular flexibility index (Phi) is 6.21. The van der Waals surface area contributed by atoms with Crippen LogP contribution >= 0.6 is 12.4 Å². The fourth-order valence-corrected chi connectivity index (χ4v) is 1.47. The number of amides is 1. The van der Waals surface area contributed by atoms with Crippen molar-refractivity contribution in [2.45, 2.75) is 26.8 Å². The fraction of sp³-hybridized carbons (Fsp3) is 0.462. The van der Waals surface area contributed by atoms with Gasteiger partial charge in [-0.25, -0.2) is 0 Å². The Morgan fingerprint density at radius 1 is 1.35 bits per heavy atom. The van der Waals surface area contributed by atoms with Gasteiger partial charge in [0.15, 0.2) is 0 Å². The lowest BCUT2D eigenvalue weighted by Gasteiger charge is -2.23. The van der Waals surface area contributed by atoms with Crippen LogP contribution in [-0.4, -0.2) is 19.0 Å². The van der Waals surface area contributed by atoms with Crippen LogP contribution in [0.2, 0.25) is 0 Å². The van der Waals surface area contributed by atoms with Gasteiger partial charge >= 0.3 is 0 Å². The number of carbonyl (C=O) groups excluding carboxylic acids is 1. The van der Waals surface area contributed by atoms with Crippen LogP contribution in [0.4, 0.5) is 5.69 Å². The predicted molar refractivity (Wildman–Crippen MR) is 74.7 cm³/mol. The Hall–Kier alpha value is -1.06. The molecule has 1 atom stereocenters. The zero-order valence-corrected chi connectivity index (χ0v) is 11.6. The second-order valence-electron chi connectivity index (χ2n) is 4.51. The van der Waals surface area contributed by atoms with Gasteiger partial charge in [0.2, 0.25) is 5.91 Å². The van der Waals surface area contributed by atoms with E-state index in [9.17, 15) is 4.79 Å². The molecule has 0 radical (unpaired) electrons. The number of aryl methyl sites for hydroxylation is 1. The molecule has 0 aliphatic heterocycles. The van der Waals surface area contributed by atoms with Crippen LogP contribution in [0.15, 0.2) is 24.3 Å². The van der Waals surface area contributed by atoms with Gasteiger partial charge in [-0.3, -0.25) is 4.79 Å². The summed E-state index contributed by atoms with van der Waals surface area (Å²) in [6, 6.07) is 7.40.